The van der Waals surface area contributed by atoms with Crippen LogP contribution < -0.4 is 19.9 Å². The van der Waals surface area contributed by atoms with E-state index >= 15 is 0 Å². The maximum absolute atomic E-state index is 14.8. The fraction of sp³-hybridized carbons (Fsp3) is 0.529. The van der Waals surface area contributed by atoms with Crippen LogP contribution in [0.3, 0.4) is 0 Å². The molecule has 3 aliphatic heterocycles. The molecule has 26 heavy (non-hydrogen) atoms. The number of hydrogen-bond acceptors (Lipinski definition) is 6. The molecular formula is C17H20FN3O5. The lowest BCUT2D eigenvalue weighted by Gasteiger charge is -2.34. The van der Waals surface area contributed by atoms with Gasteiger partial charge in [0, 0.05) is 18.7 Å². The van der Waals surface area contributed by atoms with Crippen LogP contribution in [0.1, 0.15) is 12.8 Å². The number of hydrogen-bond donors (Lipinski definition) is 1. The van der Waals surface area contributed by atoms with Gasteiger partial charge in [-0.05, 0) is 12.8 Å². The van der Waals surface area contributed by atoms with E-state index in [-0.39, 0.29) is 19.1 Å². The lowest BCUT2D eigenvalue weighted by Crippen LogP contribution is -2.39. The Morgan fingerprint density at radius 3 is 3.12 bits per heavy atom. The molecule has 8 nitrogen and oxygen atoms in total. The van der Waals surface area contributed by atoms with Crippen molar-refractivity contribution in [1.82, 2.24) is 5.32 Å². The molecule has 140 valence electrons. The van der Waals surface area contributed by atoms with Crippen LogP contribution in [0.25, 0.3) is 0 Å². The van der Waals surface area contributed by atoms with E-state index in [9.17, 15) is 14.0 Å². The van der Waals surface area contributed by atoms with Gasteiger partial charge < -0.3 is 24.4 Å². The van der Waals surface area contributed by atoms with Gasteiger partial charge in [0.2, 0.25) is 0 Å². The van der Waals surface area contributed by atoms with Crippen molar-refractivity contribution in [3.8, 4) is 5.75 Å². The molecule has 0 unspecified atom stereocenters. The third-order valence-corrected chi connectivity index (χ3v) is 4.95. The average Bonchev–Trinajstić information content (AvgIpc) is 3.25. The molecule has 2 amide bonds. The second kappa shape index (κ2) is 6.54. The number of alkyl carbamates (subject to hydrolysis) is 1. The predicted octanol–water partition coefficient (Wildman–Crippen LogP) is 1.87. The SMILES string of the molecule is COC(=O)NC[C@H]1CN(c2cc(F)c3c(c2)OC[C@@H]2CCCN32)C(=O)O1. The number of ether oxygens (including phenoxy) is 3. The van der Waals surface area contributed by atoms with Crippen LogP contribution in [0, 0.1) is 5.82 Å². The summed E-state index contributed by atoms with van der Waals surface area (Å²) in [5.74, 6) is 0.0371. The van der Waals surface area contributed by atoms with Gasteiger partial charge in [0.15, 0.2) is 5.82 Å². The minimum Gasteiger partial charge on any atom is -0.489 e. The maximum Gasteiger partial charge on any atom is 0.414 e. The molecule has 2 atom stereocenters. The number of carbonyl (C=O) groups excluding carboxylic acids is 2. The molecular weight excluding hydrogens is 345 g/mol. The van der Waals surface area contributed by atoms with Crippen molar-refractivity contribution in [2.24, 2.45) is 0 Å². The smallest absolute Gasteiger partial charge is 0.414 e. The summed E-state index contributed by atoms with van der Waals surface area (Å²) in [6.07, 6.45) is 0.281. The first-order valence-electron chi connectivity index (χ1n) is 8.59. The first-order valence-corrected chi connectivity index (χ1v) is 8.59. The number of halogens is 1. The van der Waals surface area contributed by atoms with Crippen LogP contribution in [-0.4, -0.2) is 57.7 Å². The summed E-state index contributed by atoms with van der Waals surface area (Å²) in [5.41, 5.74) is 0.850. The zero-order valence-electron chi connectivity index (χ0n) is 14.4. The summed E-state index contributed by atoms with van der Waals surface area (Å²) in [7, 11) is 1.25. The zero-order chi connectivity index (χ0) is 18.3. The van der Waals surface area contributed by atoms with Crippen LogP contribution in [0.2, 0.25) is 0 Å². The summed E-state index contributed by atoms with van der Waals surface area (Å²) in [6.45, 7) is 1.65. The van der Waals surface area contributed by atoms with E-state index < -0.39 is 24.1 Å². The molecule has 0 bridgehead atoms. The van der Waals surface area contributed by atoms with Crippen LogP contribution in [-0.2, 0) is 9.47 Å². The van der Waals surface area contributed by atoms with E-state index in [1.54, 1.807) is 6.07 Å². The van der Waals surface area contributed by atoms with Crippen molar-refractivity contribution in [3.63, 3.8) is 0 Å². The fourth-order valence-electron chi connectivity index (χ4n) is 3.70. The minimum atomic E-state index is -0.604. The minimum absolute atomic E-state index is 0.119. The Kier molecular flexibility index (Phi) is 4.21. The van der Waals surface area contributed by atoms with Gasteiger partial charge in [0.25, 0.3) is 0 Å². The highest BCUT2D eigenvalue weighted by Gasteiger charge is 2.37. The number of cyclic esters (lactones) is 1. The van der Waals surface area contributed by atoms with Gasteiger partial charge in [0.1, 0.15) is 24.1 Å². The summed E-state index contributed by atoms with van der Waals surface area (Å²) in [6, 6.07) is 3.22. The quantitative estimate of drug-likeness (QED) is 0.881. The van der Waals surface area contributed by atoms with Gasteiger partial charge in [-0.1, -0.05) is 0 Å². The number of carbonyl (C=O) groups is 2. The second-order valence-electron chi connectivity index (χ2n) is 6.56. The Morgan fingerprint density at radius 1 is 1.46 bits per heavy atom. The third-order valence-electron chi connectivity index (χ3n) is 4.95. The number of nitrogens with one attached hydrogen (secondary N) is 1. The Bertz CT molecular complexity index is 743. The zero-order valence-corrected chi connectivity index (χ0v) is 14.4. The topological polar surface area (TPSA) is 80.3 Å². The van der Waals surface area contributed by atoms with Crippen molar-refractivity contribution in [2.45, 2.75) is 25.0 Å². The van der Waals surface area contributed by atoms with Crippen LogP contribution in [0.4, 0.5) is 25.4 Å². The summed E-state index contributed by atoms with van der Waals surface area (Å²) >= 11 is 0. The van der Waals surface area contributed by atoms with Crippen LogP contribution in [0.15, 0.2) is 12.1 Å². The summed E-state index contributed by atoms with van der Waals surface area (Å²) in [4.78, 5) is 26.7. The van der Waals surface area contributed by atoms with Crippen molar-refractivity contribution in [1.29, 1.82) is 0 Å². The highest BCUT2D eigenvalue weighted by molar-refractivity contribution is 5.91. The third kappa shape index (κ3) is 2.87. The Hall–Kier alpha value is -2.71. The van der Waals surface area contributed by atoms with Gasteiger partial charge >= 0.3 is 12.2 Å². The molecule has 3 aliphatic rings. The van der Waals surface area contributed by atoms with Crippen LogP contribution in [0.5, 0.6) is 5.75 Å². The molecule has 0 saturated carbocycles. The first-order chi connectivity index (χ1) is 12.6. The average molecular weight is 365 g/mol. The molecule has 0 aliphatic carbocycles. The number of nitrogens with zero attached hydrogens (tertiary/aromatic N) is 2. The fourth-order valence-corrected chi connectivity index (χ4v) is 3.70. The molecule has 2 fully saturated rings. The number of fused-ring (bicyclic) bond motifs is 3. The lowest BCUT2D eigenvalue weighted by atomic mass is 10.1. The predicted molar refractivity (Wildman–Crippen MR) is 90.3 cm³/mol. The Morgan fingerprint density at radius 2 is 2.31 bits per heavy atom. The van der Waals surface area contributed by atoms with Crippen LogP contribution >= 0.6 is 0 Å². The maximum atomic E-state index is 14.8. The molecule has 0 aromatic heterocycles. The summed E-state index contributed by atoms with van der Waals surface area (Å²) in [5, 5.41) is 2.48. The van der Waals surface area contributed by atoms with E-state index in [2.05, 4.69) is 10.1 Å². The van der Waals surface area contributed by atoms with E-state index in [4.69, 9.17) is 9.47 Å². The van der Waals surface area contributed by atoms with Gasteiger partial charge in [-0.25, -0.2) is 14.0 Å². The molecule has 0 radical (unpaired) electrons. The molecule has 9 heteroatoms. The number of anilines is 2. The standard InChI is InChI=1S/C17H20FN3O5/c1-24-16(22)19-7-12-8-21(17(23)26-12)11-5-13(18)15-14(6-11)25-9-10-3-2-4-20(10)15/h5-6,10,12H,2-4,7-9H2,1H3,(H,19,22)/t10-,12-/m0/s1. The Balaban J connectivity index is 1.52. The van der Waals surface area contributed by atoms with E-state index in [0.717, 1.165) is 19.4 Å². The summed E-state index contributed by atoms with van der Waals surface area (Å²) < 4.78 is 30.2. The molecule has 1 aromatic carbocycles. The number of rotatable bonds is 3. The van der Waals surface area contributed by atoms with Crippen molar-refractivity contribution in [3.05, 3.63) is 17.9 Å². The Labute approximate surface area is 149 Å². The van der Waals surface area contributed by atoms with E-state index in [1.165, 1.54) is 18.1 Å². The van der Waals surface area contributed by atoms with Gasteiger partial charge in [-0.3, -0.25) is 4.90 Å². The van der Waals surface area contributed by atoms with Crippen molar-refractivity contribution < 1.29 is 28.2 Å². The van der Waals surface area contributed by atoms with Gasteiger partial charge in [-0.15, -0.1) is 0 Å². The molecule has 1 N–H and O–H groups in total. The second-order valence-corrected chi connectivity index (χ2v) is 6.56. The molecule has 0 spiro atoms. The molecule has 4 rings (SSSR count). The lowest BCUT2D eigenvalue weighted by molar-refractivity contribution is 0.132. The number of methoxy groups -OCH3 is 1. The normalized spacial score (nSPS) is 23.8. The number of amides is 2. The van der Waals surface area contributed by atoms with Crippen molar-refractivity contribution >= 4 is 23.6 Å². The molecule has 1 aromatic rings. The first kappa shape index (κ1) is 16.7. The van der Waals surface area contributed by atoms with E-state index in [1.807, 2.05) is 4.90 Å². The number of benzene rings is 1. The molecule has 3 heterocycles. The monoisotopic (exact) mass is 365 g/mol. The largest absolute Gasteiger partial charge is 0.489 e. The van der Waals surface area contributed by atoms with E-state index in [0.29, 0.717) is 23.7 Å². The molecule has 2 saturated heterocycles. The highest BCUT2D eigenvalue weighted by Crippen LogP contribution is 2.42. The van der Waals surface area contributed by atoms with Crippen molar-refractivity contribution in [2.75, 3.05) is 43.2 Å². The van der Waals surface area contributed by atoms with Gasteiger partial charge in [0.05, 0.1) is 31.9 Å². The van der Waals surface area contributed by atoms with Gasteiger partial charge in [-0.2, -0.15) is 0 Å². The highest BCUT2D eigenvalue weighted by atomic mass is 19.1.